The number of ether oxygens (including phenoxy) is 1. The summed E-state index contributed by atoms with van der Waals surface area (Å²) in [7, 11) is 1.59. The Morgan fingerprint density at radius 3 is 3.00 bits per heavy atom. The Morgan fingerprint density at radius 1 is 1.86 bits per heavy atom. The Kier molecular flexibility index (Phi) is 1.29. The highest BCUT2D eigenvalue weighted by Crippen LogP contribution is 1.96. The lowest BCUT2D eigenvalue weighted by Gasteiger charge is -2.01. The molecule has 0 amide bonds. The third-order valence-corrected chi connectivity index (χ3v) is 0.738. The lowest BCUT2D eigenvalue weighted by molar-refractivity contribution is -0.107. The van der Waals surface area contributed by atoms with Crippen molar-refractivity contribution < 1.29 is 9.57 Å². The van der Waals surface area contributed by atoms with E-state index in [-0.39, 0.29) is 6.29 Å². The molecule has 0 bridgehead atoms. The maximum absolute atomic E-state index is 4.74. The van der Waals surface area contributed by atoms with Crippen LogP contribution in [0.25, 0.3) is 0 Å². The zero-order valence-electron chi connectivity index (χ0n) is 4.05. The van der Waals surface area contributed by atoms with Crippen molar-refractivity contribution >= 4 is 0 Å². The van der Waals surface area contributed by atoms with Crippen LogP contribution in [-0.4, -0.2) is 13.4 Å². The average molecular weight is 101 g/mol. The minimum Gasteiger partial charge on any atom is -0.350 e. The zero-order chi connectivity index (χ0) is 5.11. The maximum Gasteiger partial charge on any atom is 0.204 e. The molecule has 1 N–H and O–H groups in total. The molecule has 1 aliphatic heterocycles. The monoisotopic (exact) mass is 101 g/mol. The van der Waals surface area contributed by atoms with Crippen LogP contribution in [0.15, 0.2) is 12.3 Å². The molecule has 7 heavy (non-hydrogen) atoms. The third kappa shape index (κ3) is 0.913. The first kappa shape index (κ1) is 4.61. The first-order chi connectivity index (χ1) is 3.43. The van der Waals surface area contributed by atoms with Crippen molar-refractivity contribution in [2.24, 2.45) is 0 Å². The minimum absolute atomic E-state index is 0.194. The summed E-state index contributed by atoms with van der Waals surface area (Å²) < 4.78 is 4.74. The molecule has 40 valence electrons. The van der Waals surface area contributed by atoms with Crippen LogP contribution in [0.4, 0.5) is 0 Å². The fourth-order valence-corrected chi connectivity index (χ4v) is 0.390. The van der Waals surface area contributed by atoms with Gasteiger partial charge < -0.3 is 4.74 Å². The lowest BCUT2D eigenvalue weighted by Crippen LogP contribution is -2.11. The number of hydrogen-bond acceptors (Lipinski definition) is 3. The standard InChI is InChI=1S/C4H7NO2/c1-6-4-2-3-5-7-4/h2-5H,1H3. The van der Waals surface area contributed by atoms with E-state index in [1.165, 1.54) is 0 Å². The minimum atomic E-state index is -0.194. The predicted octanol–water partition coefficient (Wildman–Crippen LogP) is 0.00740. The van der Waals surface area contributed by atoms with Gasteiger partial charge in [0.25, 0.3) is 0 Å². The first-order valence-electron chi connectivity index (χ1n) is 2.04. The van der Waals surface area contributed by atoms with E-state index >= 15 is 0 Å². The van der Waals surface area contributed by atoms with Gasteiger partial charge in [0, 0.05) is 13.3 Å². The molecule has 3 heteroatoms. The molecule has 0 fully saturated rings. The van der Waals surface area contributed by atoms with E-state index in [0.717, 1.165) is 0 Å². The summed E-state index contributed by atoms with van der Waals surface area (Å²) in [6.07, 6.45) is 3.27. The summed E-state index contributed by atoms with van der Waals surface area (Å²) in [5, 5.41) is 0. The van der Waals surface area contributed by atoms with Crippen LogP contribution >= 0.6 is 0 Å². The largest absolute Gasteiger partial charge is 0.350 e. The van der Waals surface area contributed by atoms with E-state index in [2.05, 4.69) is 5.48 Å². The van der Waals surface area contributed by atoms with Gasteiger partial charge in [-0.2, -0.15) is 0 Å². The summed E-state index contributed by atoms with van der Waals surface area (Å²) in [6.45, 7) is 0. The van der Waals surface area contributed by atoms with Gasteiger partial charge in [0.2, 0.25) is 6.29 Å². The van der Waals surface area contributed by atoms with E-state index in [1.54, 1.807) is 19.4 Å². The number of hydroxylamine groups is 1. The smallest absolute Gasteiger partial charge is 0.204 e. The molecule has 0 aromatic heterocycles. The summed E-state index contributed by atoms with van der Waals surface area (Å²) >= 11 is 0. The number of rotatable bonds is 1. The highest BCUT2D eigenvalue weighted by molar-refractivity contribution is 4.85. The summed E-state index contributed by atoms with van der Waals surface area (Å²) in [6, 6.07) is 0. The predicted molar refractivity (Wildman–Crippen MR) is 24.2 cm³/mol. The number of hydrogen-bond donors (Lipinski definition) is 1. The van der Waals surface area contributed by atoms with Crippen LogP contribution in [0.1, 0.15) is 0 Å². The third-order valence-electron chi connectivity index (χ3n) is 0.738. The van der Waals surface area contributed by atoms with Gasteiger partial charge >= 0.3 is 0 Å². The van der Waals surface area contributed by atoms with Gasteiger partial charge in [0.15, 0.2) is 0 Å². The van der Waals surface area contributed by atoms with E-state index in [0.29, 0.717) is 0 Å². The molecule has 1 aliphatic rings. The van der Waals surface area contributed by atoms with Crippen molar-refractivity contribution in [3.63, 3.8) is 0 Å². The van der Waals surface area contributed by atoms with E-state index < -0.39 is 0 Å². The molecule has 0 radical (unpaired) electrons. The van der Waals surface area contributed by atoms with Crippen molar-refractivity contribution in [2.75, 3.05) is 7.11 Å². The maximum atomic E-state index is 4.74. The van der Waals surface area contributed by atoms with Crippen LogP contribution in [0.3, 0.4) is 0 Å². The Morgan fingerprint density at radius 2 is 2.71 bits per heavy atom. The molecular weight excluding hydrogens is 94.0 g/mol. The zero-order valence-corrected chi connectivity index (χ0v) is 4.05. The molecule has 0 saturated carbocycles. The highest BCUT2D eigenvalue weighted by atomic mass is 16.8. The molecule has 0 aromatic carbocycles. The van der Waals surface area contributed by atoms with Crippen molar-refractivity contribution in [3.8, 4) is 0 Å². The molecule has 0 aliphatic carbocycles. The van der Waals surface area contributed by atoms with E-state index in [1.807, 2.05) is 0 Å². The van der Waals surface area contributed by atoms with Gasteiger partial charge in [-0.15, -0.1) is 0 Å². The molecule has 3 nitrogen and oxygen atoms in total. The Bertz CT molecular complexity index is 81.8. The van der Waals surface area contributed by atoms with Crippen LogP contribution in [-0.2, 0) is 9.57 Å². The molecule has 0 saturated heterocycles. The second-order valence-electron chi connectivity index (χ2n) is 1.20. The van der Waals surface area contributed by atoms with Gasteiger partial charge in [-0.3, -0.25) is 5.48 Å². The van der Waals surface area contributed by atoms with Gasteiger partial charge in [-0.1, -0.05) is 0 Å². The second kappa shape index (κ2) is 1.95. The van der Waals surface area contributed by atoms with Crippen molar-refractivity contribution in [3.05, 3.63) is 12.3 Å². The van der Waals surface area contributed by atoms with Crippen LogP contribution in [0.2, 0.25) is 0 Å². The summed E-state index contributed by atoms with van der Waals surface area (Å²) in [5.41, 5.74) is 2.52. The van der Waals surface area contributed by atoms with Gasteiger partial charge in [0.1, 0.15) is 0 Å². The van der Waals surface area contributed by atoms with Gasteiger partial charge in [-0.25, -0.2) is 4.84 Å². The van der Waals surface area contributed by atoms with Crippen molar-refractivity contribution in [2.45, 2.75) is 6.29 Å². The molecule has 1 rings (SSSR count). The van der Waals surface area contributed by atoms with Crippen molar-refractivity contribution in [1.82, 2.24) is 5.48 Å². The normalized spacial score (nSPS) is 27.9. The summed E-state index contributed by atoms with van der Waals surface area (Å²) in [5.74, 6) is 0. The fourth-order valence-electron chi connectivity index (χ4n) is 0.390. The van der Waals surface area contributed by atoms with Crippen LogP contribution < -0.4 is 5.48 Å². The van der Waals surface area contributed by atoms with E-state index in [9.17, 15) is 0 Å². The van der Waals surface area contributed by atoms with Gasteiger partial charge in [0.05, 0.1) is 0 Å². The fraction of sp³-hybridized carbons (Fsp3) is 0.500. The SMILES string of the molecule is COC1C=CNO1. The van der Waals surface area contributed by atoms with Crippen LogP contribution in [0.5, 0.6) is 0 Å². The van der Waals surface area contributed by atoms with Crippen LogP contribution in [0, 0.1) is 0 Å². The lowest BCUT2D eigenvalue weighted by atomic mass is 10.6. The molecule has 1 unspecified atom stereocenters. The molecule has 1 atom stereocenters. The topological polar surface area (TPSA) is 30.5 Å². The molecule has 0 aromatic rings. The summed E-state index contributed by atoms with van der Waals surface area (Å²) in [4.78, 5) is 4.72. The number of methoxy groups -OCH3 is 1. The number of nitrogens with one attached hydrogen (secondary N) is 1. The molecular formula is C4H7NO2. The van der Waals surface area contributed by atoms with E-state index in [4.69, 9.17) is 9.57 Å². The molecule has 0 spiro atoms. The Hall–Kier alpha value is -0.540. The van der Waals surface area contributed by atoms with Crippen molar-refractivity contribution in [1.29, 1.82) is 0 Å². The Labute approximate surface area is 41.9 Å². The van der Waals surface area contributed by atoms with Gasteiger partial charge in [-0.05, 0) is 6.08 Å². The highest BCUT2D eigenvalue weighted by Gasteiger charge is 2.04. The first-order valence-corrected chi connectivity index (χ1v) is 2.04. The second-order valence-corrected chi connectivity index (χ2v) is 1.20. The Balaban J connectivity index is 2.28. The quantitative estimate of drug-likeness (QED) is 0.504. The molecule has 1 heterocycles. The average Bonchev–Trinajstić information content (AvgIpc) is 2.14.